The summed E-state index contributed by atoms with van der Waals surface area (Å²) in [5.74, 6) is 1.30. The second-order valence-electron chi connectivity index (χ2n) is 3.35. The molecular weight excluding hydrogens is 218 g/mol. The van der Waals surface area contributed by atoms with Crippen molar-refractivity contribution in [1.82, 2.24) is 10.2 Å². The predicted molar refractivity (Wildman–Crippen MR) is 61.8 cm³/mol. The van der Waals surface area contributed by atoms with Crippen molar-refractivity contribution < 1.29 is 9.47 Å². The molecule has 0 unspecified atom stereocenters. The maximum Gasteiger partial charge on any atom is 0.162 e. The number of aromatic nitrogens is 2. The van der Waals surface area contributed by atoms with Crippen molar-refractivity contribution in [2.45, 2.75) is 0 Å². The van der Waals surface area contributed by atoms with Crippen LogP contribution >= 0.6 is 0 Å². The van der Waals surface area contributed by atoms with Gasteiger partial charge in [0.1, 0.15) is 6.07 Å². The first-order valence-electron chi connectivity index (χ1n) is 4.96. The zero-order valence-electron chi connectivity index (χ0n) is 9.52. The van der Waals surface area contributed by atoms with Crippen molar-refractivity contribution in [2.24, 2.45) is 0 Å². The van der Waals surface area contributed by atoms with Crippen LogP contribution < -0.4 is 9.47 Å². The topological polar surface area (TPSA) is 70.9 Å². The fourth-order valence-electron chi connectivity index (χ4n) is 1.53. The molecule has 0 saturated carbocycles. The third kappa shape index (κ3) is 2.06. The molecule has 2 aromatic rings. The molecule has 0 amide bonds. The third-order valence-corrected chi connectivity index (χ3v) is 2.39. The van der Waals surface area contributed by atoms with E-state index in [2.05, 4.69) is 10.2 Å². The maximum atomic E-state index is 8.70. The molecule has 0 saturated heterocycles. The van der Waals surface area contributed by atoms with Crippen LogP contribution in [-0.4, -0.2) is 24.4 Å². The van der Waals surface area contributed by atoms with Crippen molar-refractivity contribution in [2.75, 3.05) is 14.2 Å². The van der Waals surface area contributed by atoms with Crippen LogP contribution in [0.2, 0.25) is 0 Å². The van der Waals surface area contributed by atoms with E-state index in [0.29, 0.717) is 17.2 Å². The van der Waals surface area contributed by atoms with Crippen LogP contribution in [0.15, 0.2) is 24.3 Å². The van der Waals surface area contributed by atoms with Crippen LogP contribution in [0, 0.1) is 11.3 Å². The molecule has 1 aromatic carbocycles. The molecule has 1 N–H and O–H groups in total. The molecule has 0 aliphatic carbocycles. The monoisotopic (exact) mass is 229 g/mol. The Labute approximate surface area is 98.6 Å². The van der Waals surface area contributed by atoms with Gasteiger partial charge < -0.3 is 9.47 Å². The van der Waals surface area contributed by atoms with E-state index in [9.17, 15) is 0 Å². The largest absolute Gasteiger partial charge is 0.493 e. The Balaban J connectivity index is 2.43. The summed E-state index contributed by atoms with van der Waals surface area (Å²) in [6.45, 7) is 0. The Morgan fingerprint density at radius 2 is 1.94 bits per heavy atom. The lowest BCUT2D eigenvalue weighted by Crippen LogP contribution is -1.90. The highest BCUT2D eigenvalue weighted by atomic mass is 16.5. The summed E-state index contributed by atoms with van der Waals surface area (Å²) in [5, 5.41) is 15.3. The average molecular weight is 229 g/mol. The smallest absolute Gasteiger partial charge is 0.162 e. The van der Waals surface area contributed by atoms with Gasteiger partial charge in [0.05, 0.1) is 19.9 Å². The third-order valence-electron chi connectivity index (χ3n) is 2.39. The molecule has 0 radical (unpaired) electrons. The number of hydrogen-bond acceptors (Lipinski definition) is 4. The lowest BCUT2D eigenvalue weighted by molar-refractivity contribution is 0.355. The number of methoxy groups -OCH3 is 2. The van der Waals surface area contributed by atoms with Gasteiger partial charge in [-0.2, -0.15) is 10.4 Å². The summed E-state index contributed by atoms with van der Waals surface area (Å²) < 4.78 is 10.4. The Morgan fingerprint density at radius 3 is 2.53 bits per heavy atom. The number of H-pyrrole nitrogens is 1. The minimum absolute atomic E-state index is 0.356. The van der Waals surface area contributed by atoms with Gasteiger partial charge in [-0.05, 0) is 18.2 Å². The maximum absolute atomic E-state index is 8.70. The van der Waals surface area contributed by atoms with Crippen molar-refractivity contribution in [3.63, 3.8) is 0 Å². The molecule has 0 atom stereocenters. The summed E-state index contributed by atoms with van der Waals surface area (Å²) >= 11 is 0. The second kappa shape index (κ2) is 4.58. The van der Waals surface area contributed by atoms with E-state index in [-0.39, 0.29) is 0 Å². The van der Waals surface area contributed by atoms with Gasteiger partial charge in [-0.25, -0.2) is 0 Å². The minimum Gasteiger partial charge on any atom is -0.493 e. The van der Waals surface area contributed by atoms with Gasteiger partial charge in [0.2, 0.25) is 0 Å². The fraction of sp³-hybridized carbons (Fsp3) is 0.167. The molecule has 5 nitrogen and oxygen atoms in total. The quantitative estimate of drug-likeness (QED) is 0.873. The molecule has 0 spiro atoms. The SMILES string of the molecule is COc1ccc(-c2cc(C#N)n[nH]2)cc1OC. The highest BCUT2D eigenvalue weighted by Crippen LogP contribution is 2.31. The van der Waals surface area contributed by atoms with Gasteiger partial charge in [-0.3, -0.25) is 5.10 Å². The van der Waals surface area contributed by atoms with Gasteiger partial charge in [-0.15, -0.1) is 0 Å². The molecule has 0 bridgehead atoms. The zero-order chi connectivity index (χ0) is 12.3. The first kappa shape index (κ1) is 11.0. The molecule has 0 fully saturated rings. The van der Waals surface area contributed by atoms with Crippen molar-refractivity contribution in [3.05, 3.63) is 30.0 Å². The van der Waals surface area contributed by atoms with Gasteiger partial charge >= 0.3 is 0 Å². The Morgan fingerprint density at radius 1 is 1.18 bits per heavy atom. The average Bonchev–Trinajstić information content (AvgIpc) is 2.86. The fourth-order valence-corrected chi connectivity index (χ4v) is 1.53. The normalized spacial score (nSPS) is 9.71. The number of aromatic amines is 1. The summed E-state index contributed by atoms with van der Waals surface area (Å²) in [5.41, 5.74) is 2.01. The number of rotatable bonds is 3. The van der Waals surface area contributed by atoms with E-state index in [4.69, 9.17) is 14.7 Å². The van der Waals surface area contributed by atoms with Gasteiger partial charge in [0.25, 0.3) is 0 Å². The Bertz CT molecular complexity index is 569. The van der Waals surface area contributed by atoms with Gasteiger partial charge in [-0.1, -0.05) is 0 Å². The van der Waals surface area contributed by atoms with Crippen LogP contribution in [0.25, 0.3) is 11.3 Å². The zero-order valence-corrected chi connectivity index (χ0v) is 9.52. The first-order chi connectivity index (χ1) is 8.28. The first-order valence-corrected chi connectivity index (χ1v) is 4.96. The molecule has 0 aliphatic heterocycles. The van der Waals surface area contributed by atoms with E-state index >= 15 is 0 Å². The predicted octanol–water partition coefficient (Wildman–Crippen LogP) is 1.97. The van der Waals surface area contributed by atoms with Crippen LogP contribution in [0.4, 0.5) is 0 Å². The number of hydrogen-bond donors (Lipinski definition) is 1. The standard InChI is InChI=1S/C12H11N3O2/c1-16-11-4-3-8(5-12(11)17-2)10-6-9(7-13)14-15-10/h3-6H,1-2H3,(H,14,15). The molecule has 17 heavy (non-hydrogen) atoms. The highest BCUT2D eigenvalue weighted by molar-refractivity contribution is 5.64. The van der Waals surface area contributed by atoms with E-state index < -0.39 is 0 Å². The lowest BCUT2D eigenvalue weighted by Gasteiger charge is -2.08. The highest BCUT2D eigenvalue weighted by Gasteiger charge is 2.08. The van der Waals surface area contributed by atoms with E-state index in [1.165, 1.54) is 0 Å². The second-order valence-corrected chi connectivity index (χ2v) is 3.35. The molecule has 5 heteroatoms. The molecule has 1 heterocycles. The number of nitrogens with zero attached hydrogens (tertiary/aromatic N) is 2. The minimum atomic E-state index is 0.356. The number of ether oxygens (including phenoxy) is 2. The summed E-state index contributed by atoms with van der Waals surface area (Å²) in [6, 6.07) is 9.16. The van der Waals surface area contributed by atoms with Gasteiger partial charge in [0.15, 0.2) is 17.2 Å². The number of nitriles is 1. The van der Waals surface area contributed by atoms with Gasteiger partial charge in [0, 0.05) is 11.6 Å². The van der Waals surface area contributed by atoms with Crippen LogP contribution in [-0.2, 0) is 0 Å². The van der Waals surface area contributed by atoms with E-state index in [1.54, 1.807) is 26.4 Å². The van der Waals surface area contributed by atoms with E-state index in [1.807, 2.05) is 18.2 Å². The number of benzene rings is 1. The number of nitrogens with one attached hydrogen (secondary N) is 1. The molecule has 86 valence electrons. The molecule has 2 rings (SSSR count). The van der Waals surface area contributed by atoms with Crippen molar-refractivity contribution in [3.8, 4) is 28.8 Å². The summed E-state index contributed by atoms with van der Waals surface area (Å²) in [6.07, 6.45) is 0. The Hall–Kier alpha value is -2.48. The summed E-state index contributed by atoms with van der Waals surface area (Å²) in [4.78, 5) is 0. The van der Waals surface area contributed by atoms with Crippen molar-refractivity contribution in [1.29, 1.82) is 5.26 Å². The van der Waals surface area contributed by atoms with Crippen LogP contribution in [0.1, 0.15) is 5.69 Å². The molecular formula is C12H11N3O2. The molecule has 0 aliphatic rings. The van der Waals surface area contributed by atoms with Crippen LogP contribution in [0.3, 0.4) is 0 Å². The van der Waals surface area contributed by atoms with Crippen LogP contribution in [0.5, 0.6) is 11.5 Å². The van der Waals surface area contributed by atoms with Crippen molar-refractivity contribution >= 4 is 0 Å². The lowest BCUT2D eigenvalue weighted by atomic mass is 10.1. The summed E-state index contributed by atoms with van der Waals surface area (Å²) in [7, 11) is 3.16. The van der Waals surface area contributed by atoms with E-state index in [0.717, 1.165) is 11.3 Å². The molecule has 1 aromatic heterocycles. The Kier molecular flexibility index (Phi) is 2.97.